The number of nitrogens with two attached hydrogens (primary N) is 1. The molecule has 0 radical (unpaired) electrons. The van der Waals surface area contributed by atoms with Crippen LogP contribution in [-0.4, -0.2) is 56.4 Å². The summed E-state index contributed by atoms with van der Waals surface area (Å²) in [5.74, 6) is 0.283. The Morgan fingerprint density at radius 3 is 2.38 bits per heavy atom. The van der Waals surface area contributed by atoms with Gasteiger partial charge in [-0.15, -0.1) is 0 Å². The predicted octanol–water partition coefficient (Wildman–Crippen LogP) is 3.93. The van der Waals surface area contributed by atoms with Crippen molar-refractivity contribution in [3.05, 3.63) is 6.33 Å². The molecule has 14 heteroatoms. The molecule has 32 heavy (non-hydrogen) atoms. The molecular formula is C18H28F3N6O4P. The van der Waals surface area contributed by atoms with Gasteiger partial charge in [-0.05, 0) is 40.5 Å². The molecule has 2 heterocycles. The minimum atomic E-state index is -4.76. The van der Waals surface area contributed by atoms with Gasteiger partial charge in [-0.1, -0.05) is 0 Å². The van der Waals surface area contributed by atoms with Crippen molar-refractivity contribution in [3.63, 3.8) is 0 Å². The van der Waals surface area contributed by atoms with Crippen molar-refractivity contribution in [2.24, 2.45) is 0 Å². The molecule has 0 aliphatic heterocycles. The second kappa shape index (κ2) is 9.50. The van der Waals surface area contributed by atoms with Crippen LogP contribution in [0, 0.1) is 0 Å². The fourth-order valence-electron chi connectivity index (χ4n) is 2.96. The van der Waals surface area contributed by atoms with Gasteiger partial charge in [0.25, 0.3) is 0 Å². The summed E-state index contributed by atoms with van der Waals surface area (Å²) in [7, 11) is -3.92. The van der Waals surface area contributed by atoms with Crippen LogP contribution in [0.25, 0.3) is 11.2 Å². The number of ether oxygens (including phenoxy) is 1. The third kappa shape index (κ3) is 6.53. The molecule has 0 spiro atoms. The van der Waals surface area contributed by atoms with Crippen LogP contribution in [0.15, 0.2) is 6.33 Å². The SMILES string of the molecule is CC(C)OP(=O)(COC(Cn1cnc2c(NC3CC3)nc(N)nc21)C(F)(F)F)OC(C)C. The van der Waals surface area contributed by atoms with E-state index >= 15 is 0 Å². The van der Waals surface area contributed by atoms with Crippen molar-refractivity contribution in [3.8, 4) is 0 Å². The molecular weight excluding hydrogens is 452 g/mol. The highest BCUT2D eigenvalue weighted by molar-refractivity contribution is 7.53. The lowest BCUT2D eigenvalue weighted by Gasteiger charge is -2.26. The maximum absolute atomic E-state index is 13.8. The van der Waals surface area contributed by atoms with Gasteiger partial charge in [0.15, 0.2) is 23.1 Å². The number of anilines is 2. The fraction of sp³-hybridized carbons (Fsp3) is 0.722. The van der Waals surface area contributed by atoms with Crippen LogP contribution in [0.2, 0.25) is 0 Å². The van der Waals surface area contributed by atoms with Crippen molar-refractivity contribution in [1.82, 2.24) is 19.5 Å². The average molecular weight is 480 g/mol. The molecule has 0 bridgehead atoms. The van der Waals surface area contributed by atoms with E-state index in [0.717, 1.165) is 12.8 Å². The van der Waals surface area contributed by atoms with E-state index in [1.165, 1.54) is 10.9 Å². The molecule has 1 saturated carbocycles. The number of imidazole rings is 1. The monoisotopic (exact) mass is 480 g/mol. The zero-order valence-corrected chi connectivity index (χ0v) is 19.2. The first-order chi connectivity index (χ1) is 14.9. The number of hydrogen-bond donors (Lipinski definition) is 2. The molecule has 2 aromatic rings. The number of nitrogen functional groups attached to an aromatic ring is 1. The van der Waals surface area contributed by atoms with Crippen LogP contribution < -0.4 is 11.1 Å². The molecule has 10 nitrogen and oxygen atoms in total. The Labute approximate surface area is 183 Å². The number of hydrogen-bond acceptors (Lipinski definition) is 9. The smallest absolute Gasteiger partial charge is 0.368 e. The molecule has 1 fully saturated rings. The van der Waals surface area contributed by atoms with Crippen LogP contribution in [0.3, 0.4) is 0 Å². The summed E-state index contributed by atoms with van der Waals surface area (Å²) >= 11 is 0. The number of alkyl halides is 3. The van der Waals surface area contributed by atoms with Gasteiger partial charge < -0.3 is 29.4 Å². The van der Waals surface area contributed by atoms with Crippen molar-refractivity contribution >= 4 is 30.5 Å². The third-order valence-corrected chi connectivity index (χ3v) is 6.25. The quantitative estimate of drug-likeness (QED) is 0.460. The van der Waals surface area contributed by atoms with Gasteiger partial charge in [0.2, 0.25) is 5.95 Å². The third-order valence-electron chi connectivity index (χ3n) is 4.30. The van der Waals surface area contributed by atoms with Gasteiger partial charge in [-0.25, -0.2) is 4.98 Å². The van der Waals surface area contributed by atoms with Gasteiger partial charge in [0.05, 0.1) is 25.1 Å². The van der Waals surface area contributed by atoms with E-state index in [9.17, 15) is 17.7 Å². The van der Waals surface area contributed by atoms with Crippen molar-refractivity contribution in [2.45, 2.75) is 77.6 Å². The Balaban J connectivity index is 1.82. The van der Waals surface area contributed by atoms with Gasteiger partial charge >= 0.3 is 13.8 Å². The Bertz CT molecular complexity index is 966. The summed E-state index contributed by atoms with van der Waals surface area (Å²) in [6.45, 7) is 5.74. The molecule has 0 aromatic carbocycles. The molecule has 3 N–H and O–H groups in total. The predicted molar refractivity (Wildman–Crippen MR) is 112 cm³/mol. The van der Waals surface area contributed by atoms with Crippen molar-refractivity contribution in [1.29, 1.82) is 0 Å². The molecule has 180 valence electrons. The molecule has 1 aliphatic rings. The number of fused-ring (bicyclic) bond motifs is 1. The highest BCUT2D eigenvalue weighted by Gasteiger charge is 2.43. The van der Waals surface area contributed by atoms with Gasteiger partial charge in [0.1, 0.15) is 6.35 Å². The topological polar surface area (TPSA) is 126 Å². The standard InChI is InChI=1S/C18H28F3N6O4P/c1-10(2)30-32(28,31-11(3)4)9-29-13(18(19,20)21)7-27-8-23-14-15(24-12-5-6-12)25-17(22)26-16(14)27/h8,10-13H,5-7,9H2,1-4H3,(H3,22,24,25,26). The summed E-state index contributed by atoms with van der Waals surface area (Å²) in [6, 6.07) is 0.236. The molecule has 1 atom stereocenters. The van der Waals surface area contributed by atoms with Crippen LogP contribution in [0.5, 0.6) is 0 Å². The maximum atomic E-state index is 13.8. The molecule has 2 aromatic heterocycles. The normalized spacial score (nSPS) is 16.3. The molecule has 0 saturated heterocycles. The molecule has 1 unspecified atom stereocenters. The number of aromatic nitrogens is 4. The lowest BCUT2D eigenvalue weighted by Crippen LogP contribution is -2.36. The number of rotatable bonds is 11. The van der Waals surface area contributed by atoms with Gasteiger partial charge in [-0.2, -0.15) is 23.1 Å². The summed E-state index contributed by atoms with van der Waals surface area (Å²) in [4.78, 5) is 12.3. The first-order valence-corrected chi connectivity index (χ1v) is 12.0. The Hall–Kier alpha value is -1.95. The zero-order chi connectivity index (χ0) is 23.7. The number of nitrogens with zero attached hydrogens (tertiary/aromatic N) is 4. The first-order valence-electron chi connectivity index (χ1n) is 10.3. The zero-order valence-electron chi connectivity index (χ0n) is 18.3. The van der Waals surface area contributed by atoms with Crippen LogP contribution in [-0.2, 0) is 24.9 Å². The summed E-state index contributed by atoms with van der Waals surface area (Å²) < 4.78 is 70.9. The summed E-state index contributed by atoms with van der Waals surface area (Å²) in [5, 5.41) is 3.15. The lowest BCUT2D eigenvalue weighted by atomic mass is 10.3. The van der Waals surface area contributed by atoms with E-state index in [-0.39, 0.29) is 17.6 Å². The molecule has 1 aliphatic carbocycles. The van der Waals surface area contributed by atoms with E-state index in [0.29, 0.717) is 11.3 Å². The highest BCUT2D eigenvalue weighted by Crippen LogP contribution is 2.51. The first kappa shape index (κ1) is 24.7. The van der Waals surface area contributed by atoms with E-state index < -0.39 is 45.0 Å². The van der Waals surface area contributed by atoms with E-state index in [1.807, 2.05) is 0 Å². The van der Waals surface area contributed by atoms with Crippen LogP contribution in [0.4, 0.5) is 24.9 Å². The maximum Gasteiger partial charge on any atom is 0.416 e. The Morgan fingerprint density at radius 1 is 1.22 bits per heavy atom. The second-order valence-corrected chi connectivity index (χ2v) is 10.1. The summed E-state index contributed by atoms with van der Waals surface area (Å²) in [5.41, 5.74) is 6.19. The highest BCUT2D eigenvalue weighted by atomic mass is 31.2. The van der Waals surface area contributed by atoms with Crippen molar-refractivity contribution in [2.75, 3.05) is 17.4 Å². The summed E-state index contributed by atoms with van der Waals surface area (Å²) in [6.07, 6.45) is -5.83. The number of halogens is 3. The largest absolute Gasteiger partial charge is 0.416 e. The van der Waals surface area contributed by atoms with Crippen LogP contribution in [0.1, 0.15) is 40.5 Å². The Kier molecular flexibility index (Phi) is 7.33. The average Bonchev–Trinajstić information content (AvgIpc) is 3.35. The fourth-order valence-corrected chi connectivity index (χ4v) is 4.77. The minimum Gasteiger partial charge on any atom is -0.368 e. The van der Waals surface area contributed by atoms with Gasteiger partial charge in [-0.3, -0.25) is 4.57 Å². The van der Waals surface area contributed by atoms with Crippen molar-refractivity contribution < 1.29 is 31.5 Å². The van der Waals surface area contributed by atoms with E-state index in [2.05, 4.69) is 20.3 Å². The van der Waals surface area contributed by atoms with Crippen LogP contribution >= 0.6 is 7.60 Å². The van der Waals surface area contributed by atoms with Gasteiger partial charge in [0, 0.05) is 6.04 Å². The van der Waals surface area contributed by atoms with E-state index in [1.54, 1.807) is 27.7 Å². The molecule has 3 rings (SSSR count). The molecule has 0 amide bonds. The second-order valence-electron chi connectivity index (χ2n) is 8.16. The lowest BCUT2D eigenvalue weighted by molar-refractivity contribution is -0.219. The number of nitrogens with one attached hydrogen (secondary N) is 1. The Morgan fingerprint density at radius 2 is 1.84 bits per heavy atom. The van der Waals surface area contributed by atoms with E-state index in [4.69, 9.17) is 19.5 Å². The minimum absolute atomic E-state index is 0.0907.